The van der Waals surface area contributed by atoms with Crippen molar-refractivity contribution in [2.75, 3.05) is 0 Å². The number of hydrogen-bond donors (Lipinski definition) is 1. The third-order valence-corrected chi connectivity index (χ3v) is 2.91. The minimum Gasteiger partial charge on any atom is -0.320 e. The topological polar surface area (TPSA) is 43.1 Å². The number of halogens is 2. The average Bonchev–Trinajstić information content (AvgIpc) is 2.39. The SMILES string of the molecule is Cl.N[C@@H](c1ccc(Cl)cc1)c1ccc(C=O)cc1. The van der Waals surface area contributed by atoms with Crippen LogP contribution in [0.1, 0.15) is 27.5 Å². The monoisotopic (exact) mass is 281 g/mol. The lowest BCUT2D eigenvalue weighted by Crippen LogP contribution is -2.11. The molecule has 0 bridgehead atoms. The summed E-state index contributed by atoms with van der Waals surface area (Å²) in [4.78, 5) is 10.5. The van der Waals surface area contributed by atoms with Gasteiger partial charge in [-0.25, -0.2) is 0 Å². The fraction of sp³-hybridized carbons (Fsp3) is 0.0714. The molecule has 0 radical (unpaired) electrons. The van der Waals surface area contributed by atoms with Gasteiger partial charge in [0, 0.05) is 10.6 Å². The van der Waals surface area contributed by atoms with Crippen molar-refractivity contribution in [3.63, 3.8) is 0 Å². The summed E-state index contributed by atoms with van der Waals surface area (Å²) in [7, 11) is 0. The number of aldehydes is 1. The Morgan fingerprint density at radius 1 is 0.944 bits per heavy atom. The first-order valence-electron chi connectivity index (χ1n) is 5.27. The van der Waals surface area contributed by atoms with Gasteiger partial charge in [0.05, 0.1) is 6.04 Å². The summed E-state index contributed by atoms with van der Waals surface area (Å²) in [6.45, 7) is 0. The maximum Gasteiger partial charge on any atom is 0.150 e. The Morgan fingerprint density at radius 3 is 1.83 bits per heavy atom. The van der Waals surface area contributed by atoms with E-state index in [-0.39, 0.29) is 18.4 Å². The molecule has 1 atom stereocenters. The fourth-order valence-electron chi connectivity index (χ4n) is 1.64. The van der Waals surface area contributed by atoms with Crippen LogP contribution in [0.3, 0.4) is 0 Å². The Hall–Kier alpha value is -1.35. The molecule has 0 fully saturated rings. The molecule has 2 N–H and O–H groups in total. The predicted molar refractivity (Wildman–Crippen MR) is 76.6 cm³/mol. The average molecular weight is 282 g/mol. The van der Waals surface area contributed by atoms with E-state index in [0.717, 1.165) is 17.4 Å². The Labute approximate surface area is 117 Å². The first-order chi connectivity index (χ1) is 8.20. The Morgan fingerprint density at radius 2 is 1.39 bits per heavy atom. The van der Waals surface area contributed by atoms with Gasteiger partial charge >= 0.3 is 0 Å². The first kappa shape index (κ1) is 14.7. The predicted octanol–water partition coefficient (Wildman–Crippen LogP) is 3.62. The number of carbonyl (C=O) groups excluding carboxylic acids is 1. The highest BCUT2D eigenvalue weighted by Crippen LogP contribution is 2.21. The number of rotatable bonds is 3. The van der Waals surface area contributed by atoms with Crippen LogP contribution in [-0.2, 0) is 0 Å². The van der Waals surface area contributed by atoms with E-state index < -0.39 is 0 Å². The highest BCUT2D eigenvalue weighted by molar-refractivity contribution is 6.30. The van der Waals surface area contributed by atoms with Crippen molar-refractivity contribution in [1.82, 2.24) is 0 Å². The molecule has 0 aromatic heterocycles. The van der Waals surface area contributed by atoms with Gasteiger partial charge in [0.1, 0.15) is 6.29 Å². The second kappa shape index (κ2) is 6.55. The van der Waals surface area contributed by atoms with Crippen molar-refractivity contribution in [3.05, 3.63) is 70.2 Å². The van der Waals surface area contributed by atoms with Gasteiger partial charge in [-0.2, -0.15) is 0 Å². The van der Waals surface area contributed by atoms with E-state index in [4.69, 9.17) is 17.3 Å². The second-order valence-corrected chi connectivity index (χ2v) is 4.25. The molecule has 2 rings (SSSR count). The number of nitrogens with two attached hydrogens (primary N) is 1. The molecule has 0 aliphatic carbocycles. The summed E-state index contributed by atoms with van der Waals surface area (Å²) in [6.07, 6.45) is 0.817. The molecule has 0 unspecified atom stereocenters. The molecule has 0 heterocycles. The summed E-state index contributed by atoms with van der Waals surface area (Å²) < 4.78 is 0. The molecule has 94 valence electrons. The molecule has 0 amide bonds. The molecular weight excluding hydrogens is 269 g/mol. The summed E-state index contributed by atoms with van der Waals surface area (Å²) in [5, 5.41) is 0.692. The summed E-state index contributed by atoms with van der Waals surface area (Å²) in [6, 6.07) is 14.5. The van der Waals surface area contributed by atoms with Crippen molar-refractivity contribution < 1.29 is 4.79 Å². The van der Waals surface area contributed by atoms with Crippen LogP contribution in [0, 0.1) is 0 Å². The first-order valence-corrected chi connectivity index (χ1v) is 5.64. The third-order valence-electron chi connectivity index (χ3n) is 2.66. The standard InChI is InChI=1S/C14H12ClNO.ClH/c15-13-7-5-12(6-8-13)14(16)11-3-1-10(9-17)2-4-11;/h1-9,14H,16H2;1H/t14-;/m1./s1. The minimum absolute atomic E-state index is 0. The zero-order chi connectivity index (χ0) is 12.3. The highest BCUT2D eigenvalue weighted by Gasteiger charge is 2.08. The molecule has 0 saturated heterocycles. The lowest BCUT2D eigenvalue weighted by Gasteiger charge is -2.12. The maximum absolute atomic E-state index is 10.5. The van der Waals surface area contributed by atoms with Crippen molar-refractivity contribution in [3.8, 4) is 0 Å². The van der Waals surface area contributed by atoms with E-state index in [9.17, 15) is 4.79 Å². The van der Waals surface area contributed by atoms with Gasteiger partial charge in [-0.05, 0) is 23.3 Å². The molecule has 18 heavy (non-hydrogen) atoms. The van der Waals surface area contributed by atoms with Gasteiger partial charge in [0.15, 0.2) is 0 Å². The summed E-state index contributed by atoms with van der Waals surface area (Å²) in [5.74, 6) is 0. The molecule has 0 spiro atoms. The van der Waals surface area contributed by atoms with Gasteiger partial charge in [-0.1, -0.05) is 48.0 Å². The summed E-state index contributed by atoms with van der Waals surface area (Å²) in [5.41, 5.74) is 8.74. The normalized spacial score (nSPS) is 11.4. The van der Waals surface area contributed by atoms with Gasteiger partial charge in [-0.15, -0.1) is 12.4 Å². The van der Waals surface area contributed by atoms with E-state index in [1.165, 1.54) is 0 Å². The molecule has 2 aromatic carbocycles. The van der Waals surface area contributed by atoms with Gasteiger partial charge < -0.3 is 5.73 Å². The van der Waals surface area contributed by atoms with Gasteiger partial charge in [0.2, 0.25) is 0 Å². The van der Waals surface area contributed by atoms with Crippen molar-refractivity contribution in [1.29, 1.82) is 0 Å². The van der Waals surface area contributed by atoms with Gasteiger partial charge in [0.25, 0.3) is 0 Å². The second-order valence-electron chi connectivity index (χ2n) is 3.81. The Kier molecular flexibility index (Phi) is 5.35. The fourth-order valence-corrected chi connectivity index (χ4v) is 1.77. The lowest BCUT2D eigenvalue weighted by atomic mass is 9.99. The molecule has 4 heteroatoms. The minimum atomic E-state index is -0.201. The number of carbonyl (C=O) groups is 1. The van der Waals surface area contributed by atoms with Crippen LogP contribution in [-0.4, -0.2) is 6.29 Å². The van der Waals surface area contributed by atoms with Crippen LogP contribution >= 0.6 is 24.0 Å². The number of hydrogen-bond acceptors (Lipinski definition) is 2. The largest absolute Gasteiger partial charge is 0.320 e. The zero-order valence-corrected chi connectivity index (χ0v) is 11.1. The van der Waals surface area contributed by atoms with Crippen molar-refractivity contribution >= 4 is 30.3 Å². The van der Waals surface area contributed by atoms with E-state index in [0.29, 0.717) is 10.6 Å². The van der Waals surface area contributed by atoms with Crippen molar-refractivity contribution in [2.24, 2.45) is 5.73 Å². The molecule has 0 saturated carbocycles. The smallest absolute Gasteiger partial charge is 0.150 e. The molecule has 2 nitrogen and oxygen atoms in total. The third kappa shape index (κ3) is 3.33. The molecule has 0 aliphatic rings. The highest BCUT2D eigenvalue weighted by atomic mass is 35.5. The van der Waals surface area contributed by atoms with Crippen LogP contribution in [0.4, 0.5) is 0 Å². The van der Waals surface area contributed by atoms with E-state index in [2.05, 4.69) is 0 Å². The van der Waals surface area contributed by atoms with Crippen LogP contribution in [0.25, 0.3) is 0 Å². The van der Waals surface area contributed by atoms with Crippen molar-refractivity contribution in [2.45, 2.75) is 6.04 Å². The van der Waals surface area contributed by atoms with Crippen LogP contribution in [0.2, 0.25) is 5.02 Å². The molecule has 0 aliphatic heterocycles. The van der Waals surface area contributed by atoms with Crippen LogP contribution in [0.15, 0.2) is 48.5 Å². The maximum atomic E-state index is 10.5. The van der Waals surface area contributed by atoms with Crippen LogP contribution < -0.4 is 5.73 Å². The van der Waals surface area contributed by atoms with E-state index in [1.807, 2.05) is 36.4 Å². The van der Waals surface area contributed by atoms with E-state index >= 15 is 0 Å². The zero-order valence-electron chi connectivity index (χ0n) is 9.55. The quantitative estimate of drug-likeness (QED) is 0.874. The van der Waals surface area contributed by atoms with Crippen LogP contribution in [0.5, 0.6) is 0 Å². The lowest BCUT2D eigenvalue weighted by molar-refractivity contribution is 0.112. The Bertz CT molecular complexity index is 508. The summed E-state index contributed by atoms with van der Waals surface area (Å²) >= 11 is 5.82. The van der Waals surface area contributed by atoms with Gasteiger partial charge in [-0.3, -0.25) is 4.79 Å². The number of benzene rings is 2. The molecular formula is C14H13Cl2NO. The van der Waals surface area contributed by atoms with E-state index in [1.54, 1.807) is 12.1 Å². The Balaban J connectivity index is 0.00000162. The molecule has 2 aromatic rings.